The van der Waals surface area contributed by atoms with E-state index in [1.165, 1.54) is 6.92 Å². The Hall–Kier alpha value is -1.39. The molecule has 1 N–H and O–H groups in total. The highest BCUT2D eigenvalue weighted by Gasteiger charge is 2.37. The van der Waals surface area contributed by atoms with Crippen LogP contribution in [0.25, 0.3) is 0 Å². The summed E-state index contributed by atoms with van der Waals surface area (Å²) in [7, 11) is 0. The van der Waals surface area contributed by atoms with Gasteiger partial charge in [0, 0.05) is 6.92 Å². The van der Waals surface area contributed by atoms with Gasteiger partial charge >= 0.3 is 17.9 Å². The fourth-order valence-electron chi connectivity index (χ4n) is 2.54. The topological polar surface area (TPSA) is 80.7 Å². The fourth-order valence-corrected chi connectivity index (χ4v) is 2.54. The van der Waals surface area contributed by atoms with Gasteiger partial charge in [0.1, 0.15) is 0 Å². The van der Waals surface area contributed by atoms with Crippen LogP contribution in [0, 0.1) is 5.41 Å². The van der Waals surface area contributed by atoms with Crippen molar-refractivity contribution < 1.29 is 24.2 Å². The first kappa shape index (κ1) is 13.7. The van der Waals surface area contributed by atoms with Gasteiger partial charge in [-0.2, -0.15) is 0 Å². The smallest absolute Gasteiger partial charge is 0.314 e. The fraction of sp³-hybridized carbons (Fsp3) is 0.750. The Morgan fingerprint density at radius 1 is 1.12 bits per heavy atom. The van der Waals surface area contributed by atoms with Crippen molar-refractivity contribution in [3.63, 3.8) is 0 Å². The average Bonchev–Trinajstić information content (AvgIpc) is 2.15. The summed E-state index contributed by atoms with van der Waals surface area (Å²) in [5.74, 6) is -2.15. The van der Waals surface area contributed by atoms with Gasteiger partial charge in [-0.05, 0) is 18.3 Å². The first-order valence-electron chi connectivity index (χ1n) is 5.87. The standard InChI is InChI=1S/C12H18O5/c1-9(13)17-11(16)8-12(7-10(14)15)5-3-2-4-6-12/h2-8H2,1H3,(H,14,15). The van der Waals surface area contributed by atoms with E-state index in [1.807, 2.05) is 0 Å². The minimum atomic E-state index is -0.900. The van der Waals surface area contributed by atoms with Crippen molar-refractivity contribution in [2.75, 3.05) is 0 Å². The molecule has 0 aromatic carbocycles. The predicted octanol–water partition coefficient (Wildman–Crippen LogP) is 1.89. The number of hydrogen-bond donors (Lipinski definition) is 1. The molecular formula is C12H18O5. The van der Waals surface area contributed by atoms with Crippen LogP contribution in [0.15, 0.2) is 0 Å². The van der Waals surface area contributed by atoms with Gasteiger partial charge in [0.15, 0.2) is 0 Å². The van der Waals surface area contributed by atoms with Crippen LogP contribution in [-0.2, 0) is 19.1 Å². The number of aliphatic carboxylic acids is 1. The second-order valence-corrected chi connectivity index (χ2v) is 4.77. The summed E-state index contributed by atoms with van der Waals surface area (Å²) in [6.07, 6.45) is 4.36. The highest BCUT2D eigenvalue weighted by Crippen LogP contribution is 2.42. The third-order valence-corrected chi connectivity index (χ3v) is 3.22. The Morgan fingerprint density at radius 3 is 2.18 bits per heavy atom. The van der Waals surface area contributed by atoms with Crippen molar-refractivity contribution in [2.24, 2.45) is 5.41 Å². The molecule has 0 spiro atoms. The van der Waals surface area contributed by atoms with Gasteiger partial charge in [-0.1, -0.05) is 19.3 Å². The molecule has 1 aliphatic carbocycles. The molecule has 0 radical (unpaired) electrons. The first-order chi connectivity index (χ1) is 7.93. The predicted molar refractivity (Wildman–Crippen MR) is 59.2 cm³/mol. The second-order valence-electron chi connectivity index (χ2n) is 4.77. The van der Waals surface area contributed by atoms with Crippen LogP contribution in [0.1, 0.15) is 51.9 Å². The Balaban J connectivity index is 2.65. The van der Waals surface area contributed by atoms with Crippen LogP contribution >= 0.6 is 0 Å². The summed E-state index contributed by atoms with van der Waals surface area (Å²) in [6, 6.07) is 0. The summed E-state index contributed by atoms with van der Waals surface area (Å²) in [5.41, 5.74) is -0.517. The summed E-state index contributed by atoms with van der Waals surface area (Å²) < 4.78 is 4.49. The van der Waals surface area contributed by atoms with Crippen LogP contribution in [0.3, 0.4) is 0 Å². The molecule has 0 heterocycles. The van der Waals surface area contributed by atoms with Crippen LogP contribution in [0.2, 0.25) is 0 Å². The Kier molecular flexibility index (Phi) is 4.66. The van der Waals surface area contributed by atoms with Crippen molar-refractivity contribution in [2.45, 2.75) is 51.9 Å². The van der Waals surface area contributed by atoms with Crippen molar-refractivity contribution >= 4 is 17.9 Å². The van der Waals surface area contributed by atoms with E-state index in [0.29, 0.717) is 12.8 Å². The number of carboxylic acids is 1. The largest absolute Gasteiger partial charge is 0.481 e. The SMILES string of the molecule is CC(=O)OC(=O)CC1(CC(=O)O)CCCCC1. The number of rotatable bonds is 4. The molecule has 0 bridgehead atoms. The Labute approximate surface area is 100 Å². The van der Waals surface area contributed by atoms with Gasteiger partial charge in [0.2, 0.25) is 0 Å². The zero-order valence-electron chi connectivity index (χ0n) is 10.0. The molecule has 1 aliphatic rings. The minimum Gasteiger partial charge on any atom is -0.481 e. The lowest BCUT2D eigenvalue weighted by Crippen LogP contribution is -2.31. The lowest BCUT2D eigenvalue weighted by Gasteiger charge is -2.35. The molecule has 5 heteroatoms. The van der Waals surface area contributed by atoms with E-state index in [2.05, 4.69) is 4.74 Å². The molecule has 1 saturated carbocycles. The molecule has 17 heavy (non-hydrogen) atoms. The van der Waals surface area contributed by atoms with Gasteiger partial charge in [-0.3, -0.25) is 14.4 Å². The van der Waals surface area contributed by atoms with Crippen LogP contribution in [0.5, 0.6) is 0 Å². The maximum atomic E-state index is 11.5. The van der Waals surface area contributed by atoms with E-state index >= 15 is 0 Å². The van der Waals surface area contributed by atoms with Crippen molar-refractivity contribution in [1.29, 1.82) is 0 Å². The maximum absolute atomic E-state index is 11.5. The minimum absolute atomic E-state index is 0.0267. The number of carbonyl (C=O) groups excluding carboxylic acids is 2. The average molecular weight is 242 g/mol. The number of carboxylic acid groups (broad SMARTS) is 1. The van der Waals surface area contributed by atoms with Crippen LogP contribution in [-0.4, -0.2) is 23.0 Å². The van der Waals surface area contributed by atoms with Gasteiger partial charge in [0.05, 0.1) is 12.8 Å². The molecule has 0 atom stereocenters. The lowest BCUT2D eigenvalue weighted by atomic mass is 9.70. The summed E-state index contributed by atoms with van der Waals surface area (Å²) >= 11 is 0. The molecule has 1 rings (SSSR count). The van der Waals surface area contributed by atoms with E-state index in [-0.39, 0.29) is 12.8 Å². The lowest BCUT2D eigenvalue weighted by molar-refractivity contribution is -0.160. The second kappa shape index (κ2) is 5.80. The molecular weight excluding hydrogens is 224 g/mol. The van der Waals surface area contributed by atoms with E-state index in [4.69, 9.17) is 5.11 Å². The van der Waals surface area contributed by atoms with Crippen molar-refractivity contribution in [3.05, 3.63) is 0 Å². The number of ether oxygens (including phenoxy) is 1. The monoisotopic (exact) mass is 242 g/mol. The molecule has 5 nitrogen and oxygen atoms in total. The highest BCUT2D eigenvalue weighted by molar-refractivity contribution is 5.84. The Bertz CT molecular complexity index is 315. The molecule has 0 aromatic heterocycles. The van der Waals surface area contributed by atoms with E-state index in [9.17, 15) is 14.4 Å². The maximum Gasteiger partial charge on any atom is 0.314 e. The molecule has 1 fully saturated rings. The quantitative estimate of drug-likeness (QED) is 0.601. The van der Waals surface area contributed by atoms with Gasteiger partial charge < -0.3 is 9.84 Å². The van der Waals surface area contributed by atoms with Gasteiger partial charge in [-0.25, -0.2) is 0 Å². The highest BCUT2D eigenvalue weighted by atomic mass is 16.6. The molecule has 0 unspecified atom stereocenters. The number of esters is 2. The van der Waals surface area contributed by atoms with Crippen molar-refractivity contribution in [3.8, 4) is 0 Å². The molecule has 0 aliphatic heterocycles. The Morgan fingerprint density at radius 2 is 1.71 bits per heavy atom. The van der Waals surface area contributed by atoms with Gasteiger partial charge in [0.25, 0.3) is 0 Å². The molecule has 0 saturated heterocycles. The molecule has 0 aromatic rings. The van der Waals surface area contributed by atoms with Gasteiger partial charge in [-0.15, -0.1) is 0 Å². The van der Waals surface area contributed by atoms with Crippen LogP contribution in [0.4, 0.5) is 0 Å². The van der Waals surface area contributed by atoms with E-state index in [0.717, 1.165) is 19.3 Å². The summed E-state index contributed by atoms with van der Waals surface area (Å²) in [5, 5.41) is 8.91. The zero-order valence-corrected chi connectivity index (χ0v) is 10.0. The molecule has 96 valence electrons. The van der Waals surface area contributed by atoms with E-state index in [1.54, 1.807) is 0 Å². The van der Waals surface area contributed by atoms with E-state index < -0.39 is 23.3 Å². The zero-order chi connectivity index (χ0) is 12.9. The number of carbonyl (C=O) groups is 3. The first-order valence-corrected chi connectivity index (χ1v) is 5.87. The third-order valence-electron chi connectivity index (χ3n) is 3.22. The number of hydrogen-bond acceptors (Lipinski definition) is 4. The third kappa shape index (κ3) is 4.54. The van der Waals surface area contributed by atoms with Crippen LogP contribution < -0.4 is 0 Å². The normalized spacial score (nSPS) is 18.4. The van der Waals surface area contributed by atoms with Crippen molar-refractivity contribution in [1.82, 2.24) is 0 Å². The molecule has 0 amide bonds. The summed E-state index contributed by atoms with van der Waals surface area (Å²) in [4.78, 5) is 33.0. The summed E-state index contributed by atoms with van der Waals surface area (Å²) in [6.45, 7) is 1.17.